The van der Waals surface area contributed by atoms with Gasteiger partial charge in [0.1, 0.15) is 11.1 Å². The lowest BCUT2D eigenvalue weighted by atomic mass is 9.89. The monoisotopic (exact) mass is 321 g/mol. The molecule has 0 saturated heterocycles. The van der Waals surface area contributed by atoms with Crippen LogP contribution in [0.3, 0.4) is 0 Å². The lowest BCUT2D eigenvalue weighted by Crippen LogP contribution is -2.42. The Morgan fingerprint density at radius 3 is 2.67 bits per heavy atom. The van der Waals surface area contributed by atoms with Gasteiger partial charge in [0.2, 0.25) is 0 Å². The zero-order valence-electron chi connectivity index (χ0n) is 14.7. The molecule has 0 amide bonds. The van der Waals surface area contributed by atoms with E-state index < -0.39 is 0 Å². The van der Waals surface area contributed by atoms with Crippen LogP contribution in [-0.2, 0) is 10.2 Å². The molecule has 24 heavy (non-hydrogen) atoms. The van der Waals surface area contributed by atoms with Crippen molar-refractivity contribution in [1.29, 1.82) is 0 Å². The summed E-state index contributed by atoms with van der Waals surface area (Å²) in [5.41, 5.74) is 2.03. The predicted molar refractivity (Wildman–Crippen MR) is 97.3 cm³/mol. The third-order valence-corrected chi connectivity index (χ3v) is 4.01. The molecule has 0 N–H and O–H groups in total. The molecule has 0 saturated carbocycles. The van der Waals surface area contributed by atoms with Crippen LogP contribution in [0.1, 0.15) is 50.7 Å². The molecule has 1 aliphatic rings. The molecule has 0 aliphatic heterocycles. The largest absolute Gasteiger partial charge is 0.499 e. The molecule has 0 spiro atoms. The molecule has 2 aromatic rings. The zero-order valence-corrected chi connectivity index (χ0v) is 14.7. The van der Waals surface area contributed by atoms with E-state index in [4.69, 9.17) is 14.7 Å². The Morgan fingerprint density at radius 2 is 2.00 bits per heavy atom. The van der Waals surface area contributed by atoms with Gasteiger partial charge in [-0.25, -0.2) is 9.97 Å². The lowest BCUT2D eigenvalue weighted by Gasteiger charge is -2.21. The zero-order chi connectivity index (χ0) is 17.2. The summed E-state index contributed by atoms with van der Waals surface area (Å²) in [4.78, 5) is 13.7. The Kier molecular flexibility index (Phi) is 4.47. The van der Waals surface area contributed by atoms with Crippen molar-refractivity contribution in [3.63, 3.8) is 0 Å². The van der Waals surface area contributed by atoms with Crippen LogP contribution in [0.5, 0.6) is 0 Å². The molecule has 124 valence electrons. The van der Waals surface area contributed by atoms with Gasteiger partial charge < -0.3 is 4.74 Å². The summed E-state index contributed by atoms with van der Waals surface area (Å²) in [7, 11) is 1.72. The fraction of sp³-hybridized carbons (Fsp3) is 0.350. The highest BCUT2D eigenvalue weighted by atomic mass is 16.5. The van der Waals surface area contributed by atoms with Gasteiger partial charge >= 0.3 is 0 Å². The molecule has 0 unspecified atom stereocenters. The Bertz CT molecular complexity index is 878. The van der Waals surface area contributed by atoms with Gasteiger partial charge in [-0.1, -0.05) is 32.9 Å². The number of fused-ring (bicyclic) bond motifs is 1. The van der Waals surface area contributed by atoms with Crippen molar-refractivity contribution in [2.45, 2.75) is 39.0 Å². The van der Waals surface area contributed by atoms with Crippen molar-refractivity contribution in [2.24, 2.45) is 0 Å². The summed E-state index contributed by atoms with van der Waals surface area (Å²) in [5.74, 6) is 1.64. The topological polar surface area (TPSA) is 47.9 Å². The summed E-state index contributed by atoms with van der Waals surface area (Å²) in [6.07, 6.45) is 11.6. The number of ether oxygens (including phenoxy) is 1. The number of rotatable bonds is 3. The minimum Gasteiger partial charge on any atom is -0.499 e. The van der Waals surface area contributed by atoms with E-state index in [0.717, 1.165) is 40.4 Å². The van der Waals surface area contributed by atoms with Gasteiger partial charge in [0, 0.05) is 29.4 Å². The highest BCUT2D eigenvalue weighted by Gasteiger charge is 2.21. The maximum Gasteiger partial charge on any atom is 0.153 e. The minimum absolute atomic E-state index is 0.0589. The maximum absolute atomic E-state index is 5.58. The summed E-state index contributed by atoms with van der Waals surface area (Å²) >= 11 is 0. The molecular formula is C20H23N3O. The van der Waals surface area contributed by atoms with E-state index in [1.165, 1.54) is 0 Å². The van der Waals surface area contributed by atoms with Gasteiger partial charge in [0.25, 0.3) is 0 Å². The predicted octanol–water partition coefficient (Wildman–Crippen LogP) is 2.67. The minimum atomic E-state index is -0.0589. The lowest BCUT2D eigenvalue weighted by molar-refractivity contribution is 0.346. The van der Waals surface area contributed by atoms with Crippen LogP contribution in [0, 0.1) is 0 Å². The average molecular weight is 321 g/mol. The van der Waals surface area contributed by atoms with Gasteiger partial charge in [-0.3, -0.25) is 4.98 Å². The number of aromatic nitrogens is 3. The molecule has 2 aromatic heterocycles. The highest BCUT2D eigenvalue weighted by Crippen LogP contribution is 2.18. The van der Waals surface area contributed by atoms with Gasteiger partial charge in [0.05, 0.1) is 12.8 Å². The standard InChI is InChI=1S/C20H23N3O/c1-20(2,3)19-15-8-5-9-16(24-4)18(15)22-17(23-19)11-10-14-7-6-12-21-13-14/h6-8,10-13H,5,9H2,1-4H3/b11-10+. The van der Waals surface area contributed by atoms with E-state index in [-0.39, 0.29) is 5.41 Å². The first-order chi connectivity index (χ1) is 11.5. The molecule has 0 bridgehead atoms. The Morgan fingerprint density at radius 1 is 1.17 bits per heavy atom. The molecule has 0 fully saturated rings. The summed E-state index contributed by atoms with van der Waals surface area (Å²) < 4.78 is 5.58. The summed E-state index contributed by atoms with van der Waals surface area (Å²) in [5, 5.41) is 2.04. The van der Waals surface area contributed by atoms with Crippen LogP contribution in [0.25, 0.3) is 24.0 Å². The average Bonchev–Trinajstić information content (AvgIpc) is 2.58. The molecule has 0 atom stereocenters. The van der Waals surface area contributed by atoms with Crippen molar-refractivity contribution in [2.75, 3.05) is 7.11 Å². The van der Waals surface area contributed by atoms with E-state index in [2.05, 4.69) is 31.8 Å². The third-order valence-electron chi connectivity index (χ3n) is 4.01. The number of hydrogen-bond donors (Lipinski definition) is 0. The first-order valence-electron chi connectivity index (χ1n) is 8.23. The number of hydrogen-bond acceptors (Lipinski definition) is 4. The van der Waals surface area contributed by atoms with E-state index in [1.807, 2.05) is 30.5 Å². The third kappa shape index (κ3) is 3.37. The first kappa shape index (κ1) is 16.4. The van der Waals surface area contributed by atoms with Gasteiger partial charge in [-0.15, -0.1) is 0 Å². The highest BCUT2D eigenvalue weighted by molar-refractivity contribution is 5.66. The SMILES string of the molecule is COC1=c2nc(/C=C/c3cccnc3)nc(C(C)(C)C)c2=CCC1. The van der Waals surface area contributed by atoms with E-state index in [9.17, 15) is 0 Å². The molecular weight excluding hydrogens is 298 g/mol. The van der Waals surface area contributed by atoms with Crippen molar-refractivity contribution < 1.29 is 4.74 Å². The molecule has 0 aromatic carbocycles. The molecule has 4 nitrogen and oxygen atoms in total. The van der Waals surface area contributed by atoms with Crippen LogP contribution in [0.15, 0.2) is 24.5 Å². The van der Waals surface area contributed by atoms with Gasteiger partial charge in [0.15, 0.2) is 5.82 Å². The fourth-order valence-corrected chi connectivity index (χ4v) is 2.85. The first-order valence-corrected chi connectivity index (χ1v) is 8.23. The quantitative estimate of drug-likeness (QED) is 0.872. The number of pyridine rings is 1. The number of methoxy groups -OCH3 is 1. The Labute approximate surface area is 142 Å². The van der Waals surface area contributed by atoms with Crippen molar-refractivity contribution in [3.05, 3.63) is 52.2 Å². The molecule has 2 heterocycles. The fourth-order valence-electron chi connectivity index (χ4n) is 2.85. The second kappa shape index (κ2) is 6.56. The van der Waals surface area contributed by atoms with E-state index in [0.29, 0.717) is 5.82 Å². The summed E-state index contributed by atoms with van der Waals surface area (Å²) in [6.45, 7) is 6.54. The van der Waals surface area contributed by atoms with E-state index in [1.54, 1.807) is 13.3 Å². The van der Waals surface area contributed by atoms with Crippen LogP contribution < -0.4 is 10.6 Å². The van der Waals surface area contributed by atoms with Crippen LogP contribution in [0.2, 0.25) is 0 Å². The molecule has 1 aliphatic carbocycles. The molecule has 4 heteroatoms. The van der Waals surface area contributed by atoms with Crippen LogP contribution >= 0.6 is 0 Å². The smallest absolute Gasteiger partial charge is 0.153 e. The van der Waals surface area contributed by atoms with Gasteiger partial charge in [-0.05, 0) is 30.2 Å². The maximum atomic E-state index is 5.58. The number of nitrogens with zero attached hydrogens (tertiary/aromatic N) is 3. The second-order valence-electron chi connectivity index (χ2n) is 6.93. The van der Waals surface area contributed by atoms with Crippen LogP contribution in [0.4, 0.5) is 0 Å². The van der Waals surface area contributed by atoms with Crippen molar-refractivity contribution >= 4 is 24.0 Å². The Balaban J connectivity index is 2.18. The second-order valence-corrected chi connectivity index (χ2v) is 6.93. The van der Waals surface area contributed by atoms with E-state index >= 15 is 0 Å². The van der Waals surface area contributed by atoms with Crippen LogP contribution in [-0.4, -0.2) is 22.1 Å². The van der Waals surface area contributed by atoms with Crippen molar-refractivity contribution in [3.8, 4) is 0 Å². The molecule has 0 radical (unpaired) electrons. The van der Waals surface area contributed by atoms with Crippen molar-refractivity contribution in [1.82, 2.24) is 15.0 Å². The normalized spacial score (nSPS) is 14.4. The van der Waals surface area contributed by atoms with Gasteiger partial charge in [-0.2, -0.15) is 0 Å². The molecule has 3 rings (SSSR count). The summed E-state index contributed by atoms with van der Waals surface area (Å²) in [6, 6.07) is 3.92. The Hall–Kier alpha value is -2.49.